The van der Waals surface area contributed by atoms with E-state index >= 15 is 0 Å². The summed E-state index contributed by atoms with van der Waals surface area (Å²) in [4.78, 5) is 0.480. The second kappa shape index (κ2) is 4.60. The molecule has 0 saturated heterocycles. The molecule has 0 atom stereocenters. The van der Waals surface area contributed by atoms with E-state index in [4.69, 9.17) is 0 Å². The summed E-state index contributed by atoms with van der Waals surface area (Å²) in [7, 11) is -3.33. The monoisotopic (exact) mass is 279 g/mol. The first-order chi connectivity index (χ1) is 9.00. The Kier molecular flexibility index (Phi) is 3.18. The quantitative estimate of drug-likeness (QED) is 0.850. The van der Waals surface area contributed by atoms with Gasteiger partial charge in [-0.05, 0) is 69.2 Å². The van der Waals surface area contributed by atoms with E-state index in [1.54, 1.807) is 10.4 Å². The summed E-state index contributed by atoms with van der Waals surface area (Å²) < 4.78 is 27.3. The van der Waals surface area contributed by atoms with E-state index in [2.05, 4.69) is 0 Å². The Hall–Kier alpha value is -0.870. The highest BCUT2D eigenvalue weighted by molar-refractivity contribution is 7.89. The molecule has 0 spiro atoms. The van der Waals surface area contributed by atoms with E-state index in [0.29, 0.717) is 4.90 Å². The minimum absolute atomic E-state index is 0.0331. The first-order valence-electron chi connectivity index (χ1n) is 7.15. The van der Waals surface area contributed by atoms with Crippen LogP contribution >= 0.6 is 0 Å². The normalized spacial score (nSPS) is 19.2. The molecule has 0 aliphatic heterocycles. The molecule has 4 heteroatoms. The van der Waals surface area contributed by atoms with Gasteiger partial charge in [-0.2, -0.15) is 4.31 Å². The third kappa shape index (κ3) is 2.32. The Bertz CT molecular complexity index is 586. The van der Waals surface area contributed by atoms with Crippen molar-refractivity contribution in [3.05, 3.63) is 29.3 Å². The molecule has 19 heavy (non-hydrogen) atoms. The average Bonchev–Trinajstić information content (AvgIpc) is 3.04. The molecule has 1 aromatic carbocycles. The molecule has 2 aliphatic rings. The molecule has 0 heterocycles. The molecule has 0 unspecified atom stereocenters. The second-order valence-electron chi connectivity index (χ2n) is 5.94. The fourth-order valence-corrected chi connectivity index (χ4v) is 4.99. The van der Waals surface area contributed by atoms with Crippen LogP contribution in [0.1, 0.15) is 44.2 Å². The van der Waals surface area contributed by atoms with Crippen LogP contribution in [0, 0.1) is 0 Å². The van der Waals surface area contributed by atoms with Crippen LogP contribution in [0.2, 0.25) is 0 Å². The molecular formula is C15H21NO2S. The van der Waals surface area contributed by atoms with Crippen molar-refractivity contribution in [1.29, 1.82) is 0 Å². The zero-order valence-corrected chi connectivity index (χ0v) is 12.4. The van der Waals surface area contributed by atoms with Gasteiger partial charge in [0.25, 0.3) is 0 Å². The fraction of sp³-hybridized carbons (Fsp3) is 0.600. The van der Waals surface area contributed by atoms with Gasteiger partial charge in [-0.15, -0.1) is 0 Å². The van der Waals surface area contributed by atoms with Crippen molar-refractivity contribution in [2.45, 2.75) is 62.9 Å². The van der Waals surface area contributed by atoms with Crippen LogP contribution in [-0.4, -0.2) is 24.8 Å². The lowest BCUT2D eigenvalue weighted by Crippen LogP contribution is -2.38. The Morgan fingerprint density at radius 3 is 2.47 bits per heavy atom. The highest BCUT2D eigenvalue weighted by atomic mass is 32.2. The smallest absolute Gasteiger partial charge is 0.207 e. The zero-order valence-electron chi connectivity index (χ0n) is 11.6. The van der Waals surface area contributed by atoms with Gasteiger partial charge in [-0.25, -0.2) is 8.42 Å². The predicted molar refractivity (Wildman–Crippen MR) is 75.6 cm³/mol. The SMILES string of the molecule is CC(C)N(C1CC1)S(=O)(=O)c1ccc2c(c1)CCC2. The predicted octanol–water partition coefficient (Wildman–Crippen LogP) is 2.74. The third-order valence-corrected chi connectivity index (χ3v) is 6.19. The topological polar surface area (TPSA) is 37.4 Å². The maximum Gasteiger partial charge on any atom is 0.243 e. The maximum absolute atomic E-state index is 12.8. The van der Waals surface area contributed by atoms with E-state index in [-0.39, 0.29) is 12.1 Å². The van der Waals surface area contributed by atoms with Crippen LogP contribution in [0.3, 0.4) is 0 Å². The minimum atomic E-state index is -3.33. The number of hydrogen-bond acceptors (Lipinski definition) is 2. The minimum Gasteiger partial charge on any atom is -0.207 e. The van der Waals surface area contributed by atoms with Gasteiger partial charge in [0, 0.05) is 12.1 Å². The van der Waals surface area contributed by atoms with Gasteiger partial charge in [-0.3, -0.25) is 0 Å². The van der Waals surface area contributed by atoms with Crippen molar-refractivity contribution in [1.82, 2.24) is 4.31 Å². The number of rotatable bonds is 4. The van der Waals surface area contributed by atoms with Gasteiger partial charge in [0.15, 0.2) is 0 Å². The highest BCUT2D eigenvalue weighted by Crippen LogP contribution is 2.35. The highest BCUT2D eigenvalue weighted by Gasteiger charge is 2.39. The largest absolute Gasteiger partial charge is 0.243 e. The maximum atomic E-state index is 12.8. The summed E-state index contributed by atoms with van der Waals surface area (Å²) >= 11 is 0. The van der Waals surface area contributed by atoms with Crippen LogP contribution in [0.5, 0.6) is 0 Å². The van der Waals surface area contributed by atoms with Crippen LogP contribution in [0.4, 0.5) is 0 Å². The molecular weight excluding hydrogens is 258 g/mol. The molecule has 2 aliphatic carbocycles. The molecule has 0 aromatic heterocycles. The van der Waals surface area contributed by atoms with E-state index in [9.17, 15) is 8.42 Å². The standard InChI is InChI=1S/C15H21NO2S/c1-11(2)16(14-7-8-14)19(17,18)15-9-6-12-4-3-5-13(12)10-15/h6,9-11,14H,3-5,7-8H2,1-2H3. The van der Waals surface area contributed by atoms with Crippen molar-refractivity contribution in [2.75, 3.05) is 0 Å². The Balaban J connectivity index is 1.99. The first kappa shape index (κ1) is 13.1. The Labute approximate surface area is 115 Å². The van der Waals surface area contributed by atoms with E-state index in [1.807, 2.05) is 26.0 Å². The second-order valence-corrected chi connectivity index (χ2v) is 7.79. The van der Waals surface area contributed by atoms with Crippen molar-refractivity contribution < 1.29 is 8.42 Å². The van der Waals surface area contributed by atoms with Crippen LogP contribution in [0.15, 0.2) is 23.1 Å². The molecule has 104 valence electrons. The van der Waals surface area contributed by atoms with Gasteiger partial charge in [0.1, 0.15) is 0 Å². The van der Waals surface area contributed by atoms with Crippen LogP contribution in [-0.2, 0) is 22.9 Å². The van der Waals surface area contributed by atoms with Crippen molar-refractivity contribution in [3.63, 3.8) is 0 Å². The molecule has 3 nitrogen and oxygen atoms in total. The number of fused-ring (bicyclic) bond motifs is 1. The number of benzene rings is 1. The summed E-state index contributed by atoms with van der Waals surface area (Å²) in [5, 5.41) is 0. The Morgan fingerprint density at radius 2 is 1.84 bits per heavy atom. The van der Waals surface area contributed by atoms with Gasteiger partial charge < -0.3 is 0 Å². The summed E-state index contributed by atoms with van der Waals surface area (Å²) in [6.07, 6.45) is 5.26. The van der Waals surface area contributed by atoms with Gasteiger partial charge >= 0.3 is 0 Å². The third-order valence-electron chi connectivity index (χ3n) is 4.06. The van der Waals surface area contributed by atoms with Gasteiger partial charge in [0.05, 0.1) is 4.90 Å². The number of hydrogen-bond donors (Lipinski definition) is 0. The Morgan fingerprint density at radius 1 is 1.16 bits per heavy atom. The lowest BCUT2D eigenvalue weighted by atomic mass is 10.1. The molecule has 1 fully saturated rings. The van der Waals surface area contributed by atoms with E-state index in [0.717, 1.165) is 32.1 Å². The molecule has 0 bridgehead atoms. The summed E-state index contributed by atoms with van der Waals surface area (Å²) in [6.45, 7) is 3.92. The first-order valence-corrected chi connectivity index (χ1v) is 8.59. The molecule has 1 saturated carbocycles. The van der Waals surface area contributed by atoms with E-state index in [1.165, 1.54) is 11.1 Å². The lowest BCUT2D eigenvalue weighted by Gasteiger charge is -2.26. The summed E-state index contributed by atoms with van der Waals surface area (Å²) in [6, 6.07) is 5.94. The number of nitrogens with zero attached hydrogens (tertiary/aromatic N) is 1. The average molecular weight is 279 g/mol. The van der Waals surface area contributed by atoms with Crippen molar-refractivity contribution in [2.24, 2.45) is 0 Å². The summed E-state index contributed by atoms with van der Waals surface area (Å²) in [5.41, 5.74) is 2.54. The fourth-order valence-electron chi connectivity index (χ4n) is 3.05. The number of aryl methyl sites for hydroxylation is 2. The lowest BCUT2D eigenvalue weighted by molar-refractivity contribution is 0.346. The van der Waals surface area contributed by atoms with Gasteiger partial charge in [-0.1, -0.05) is 6.07 Å². The molecule has 0 N–H and O–H groups in total. The van der Waals surface area contributed by atoms with Crippen LogP contribution < -0.4 is 0 Å². The summed E-state index contributed by atoms with van der Waals surface area (Å²) in [5.74, 6) is 0. The van der Waals surface area contributed by atoms with Gasteiger partial charge in [0.2, 0.25) is 10.0 Å². The van der Waals surface area contributed by atoms with Crippen LogP contribution in [0.25, 0.3) is 0 Å². The molecule has 0 amide bonds. The molecule has 3 rings (SSSR count). The van der Waals surface area contributed by atoms with Crippen molar-refractivity contribution >= 4 is 10.0 Å². The number of sulfonamides is 1. The molecule has 1 aromatic rings. The van der Waals surface area contributed by atoms with E-state index < -0.39 is 10.0 Å². The molecule has 0 radical (unpaired) electrons. The van der Waals surface area contributed by atoms with Crippen molar-refractivity contribution in [3.8, 4) is 0 Å². The zero-order chi connectivity index (χ0) is 13.6.